The van der Waals surface area contributed by atoms with Crippen LogP contribution in [-0.4, -0.2) is 32.6 Å². The molecule has 1 aliphatic rings. The highest BCUT2D eigenvalue weighted by atomic mass is 35.5. The van der Waals surface area contributed by atoms with Crippen molar-refractivity contribution in [1.82, 2.24) is 19.6 Å². The van der Waals surface area contributed by atoms with Crippen LogP contribution in [0.1, 0.15) is 42.1 Å². The number of benzene rings is 1. The van der Waals surface area contributed by atoms with E-state index in [0.29, 0.717) is 17.9 Å². The number of anilines is 1. The van der Waals surface area contributed by atoms with E-state index < -0.39 is 18.0 Å². The van der Waals surface area contributed by atoms with Crippen molar-refractivity contribution < 1.29 is 18.3 Å². The Bertz CT molecular complexity index is 1060. The standard InChI is InChI=1S/C20H20ClF2N5O2/c1-30-15-4-2-3-12(7-15)9-27-10-14(8-24-27)25-16(29)11-28-19(13-5-6-13)17(21)18(26-28)20(22)23/h2-4,7-8,10,13,20H,5-6,9,11H2,1H3,(H,25,29). The molecule has 2 aromatic heterocycles. The van der Waals surface area contributed by atoms with E-state index in [9.17, 15) is 13.6 Å². The molecule has 10 heteroatoms. The van der Waals surface area contributed by atoms with Crippen LogP contribution in [0.4, 0.5) is 14.5 Å². The lowest BCUT2D eigenvalue weighted by Crippen LogP contribution is -2.20. The largest absolute Gasteiger partial charge is 0.497 e. The fourth-order valence-corrected chi connectivity index (χ4v) is 3.66. The lowest BCUT2D eigenvalue weighted by atomic mass is 10.2. The van der Waals surface area contributed by atoms with Gasteiger partial charge in [-0.3, -0.25) is 14.2 Å². The number of nitrogens with one attached hydrogen (secondary N) is 1. The summed E-state index contributed by atoms with van der Waals surface area (Å²) in [5.74, 6) is 0.439. The van der Waals surface area contributed by atoms with Crippen molar-refractivity contribution in [2.75, 3.05) is 12.4 Å². The molecule has 0 saturated heterocycles. The van der Waals surface area contributed by atoms with Gasteiger partial charge < -0.3 is 10.1 Å². The number of methoxy groups -OCH3 is 1. The van der Waals surface area contributed by atoms with Crippen LogP contribution in [0.2, 0.25) is 5.02 Å². The Balaban J connectivity index is 1.42. The summed E-state index contributed by atoms with van der Waals surface area (Å²) >= 11 is 6.09. The lowest BCUT2D eigenvalue weighted by Gasteiger charge is -2.07. The van der Waals surface area contributed by atoms with Crippen molar-refractivity contribution in [2.24, 2.45) is 0 Å². The van der Waals surface area contributed by atoms with E-state index in [1.807, 2.05) is 24.3 Å². The topological polar surface area (TPSA) is 74.0 Å². The van der Waals surface area contributed by atoms with Gasteiger partial charge in [-0.2, -0.15) is 10.2 Å². The van der Waals surface area contributed by atoms with E-state index in [-0.39, 0.29) is 17.5 Å². The molecule has 0 atom stereocenters. The van der Waals surface area contributed by atoms with Crippen molar-refractivity contribution in [3.63, 3.8) is 0 Å². The third-order valence-electron chi connectivity index (χ3n) is 4.82. The average molecular weight is 436 g/mol. The summed E-state index contributed by atoms with van der Waals surface area (Å²) in [5, 5.41) is 10.8. The van der Waals surface area contributed by atoms with Crippen LogP contribution in [0.3, 0.4) is 0 Å². The Morgan fingerprint density at radius 3 is 2.90 bits per heavy atom. The van der Waals surface area contributed by atoms with Crippen LogP contribution < -0.4 is 10.1 Å². The minimum Gasteiger partial charge on any atom is -0.497 e. The van der Waals surface area contributed by atoms with Gasteiger partial charge in [-0.05, 0) is 30.5 Å². The second-order valence-corrected chi connectivity index (χ2v) is 7.52. The van der Waals surface area contributed by atoms with E-state index >= 15 is 0 Å². The van der Waals surface area contributed by atoms with Crippen molar-refractivity contribution in [2.45, 2.75) is 38.3 Å². The molecule has 0 bridgehead atoms. The van der Waals surface area contributed by atoms with E-state index in [1.165, 1.54) is 10.9 Å². The zero-order valence-corrected chi connectivity index (χ0v) is 16.9. The van der Waals surface area contributed by atoms with E-state index in [2.05, 4.69) is 15.5 Å². The summed E-state index contributed by atoms with van der Waals surface area (Å²) < 4.78 is 34.5. The maximum atomic E-state index is 13.1. The molecule has 7 nitrogen and oxygen atoms in total. The van der Waals surface area contributed by atoms with Gasteiger partial charge in [0.1, 0.15) is 18.0 Å². The fraction of sp³-hybridized carbons (Fsp3) is 0.350. The maximum Gasteiger partial charge on any atom is 0.283 e. The molecule has 1 aliphatic carbocycles. The van der Waals surface area contributed by atoms with E-state index in [1.54, 1.807) is 18.0 Å². The summed E-state index contributed by atoms with van der Waals surface area (Å²) in [5.41, 5.74) is 1.53. The SMILES string of the molecule is COc1cccc(Cn2cc(NC(=O)Cn3nc(C(F)F)c(Cl)c3C3CC3)cn2)c1. The van der Waals surface area contributed by atoms with Crippen LogP contribution in [0, 0.1) is 0 Å². The Kier molecular flexibility index (Phi) is 5.72. The molecule has 0 aliphatic heterocycles. The molecule has 2 heterocycles. The van der Waals surface area contributed by atoms with E-state index in [0.717, 1.165) is 24.2 Å². The number of rotatable bonds is 8. The number of ether oxygens (including phenoxy) is 1. The Morgan fingerprint density at radius 1 is 1.40 bits per heavy atom. The number of carbonyl (C=O) groups excluding carboxylic acids is 1. The molecule has 30 heavy (non-hydrogen) atoms. The second kappa shape index (κ2) is 8.43. The smallest absolute Gasteiger partial charge is 0.283 e. The third kappa shape index (κ3) is 4.46. The lowest BCUT2D eigenvalue weighted by molar-refractivity contribution is -0.117. The first kappa shape index (κ1) is 20.3. The number of nitrogens with zero attached hydrogens (tertiary/aromatic N) is 4. The molecule has 4 rings (SSSR count). The first-order valence-corrected chi connectivity index (χ1v) is 9.82. The zero-order chi connectivity index (χ0) is 21.3. The van der Waals surface area contributed by atoms with Crippen molar-refractivity contribution >= 4 is 23.2 Å². The van der Waals surface area contributed by atoms with Crippen molar-refractivity contribution in [1.29, 1.82) is 0 Å². The summed E-state index contributed by atoms with van der Waals surface area (Å²) in [6.07, 6.45) is 2.15. The van der Waals surface area contributed by atoms with Gasteiger partial charge in [0.2, 0.25) is 5.91 Å². The minimum atomic E-state index is -2.78. The average Bonchev–Trinajstić information content (AvgIpc) is 3.37. The third-order valence-corrected chi connectivity index (χ3v) is 5.20. The second-order valence-electron chi connectivity index (χ2n) is 7.14. The summed E-state index contributed by atoms with van der Waals surface area (Å²) in [6, 6.07) is 7.60. The van der Waals surface area contributed by atoms with Crippen LogP contribution >= 0.6 is 11.6 Å². The summed E-state index contributed by atoms with van der Waals surface area (Å²) in [7, 11) is 1.60. The highest BCUT2D eigenvalue weighted by Crippen LogP contribution is 2.45. The highest BCUT2D eigenvalue weighted by molar-refractivity contribution is 6.32. The Morgan fingerprint density at radius 2 is 2.20 bits per heavy atom. The molecule has 1 N–H and O–H groups in total. The number of hydrogen-bond acceptors (Lipinski definition) is 4. The molecule has 0 unspecified atom stereocenters. The summed E-state index contributed by atoms with van der Waals surface area (Å²) in [4.78, 5) is 12.5. The quantitative estimate of drug-likeness (QED) is 0.574. The molecular weight excluding hydrogens is 416 g/mol. The molecule has 1 fully saturated rings. The van der Waals surface area contributed by atoms with Gasteiger partial charge in [-0.15, -0.1) is 0 Å². The van der Waals surface area contributed by atoms with Crippen LogP contribution in [0.5, 0.6) is 5.75 Å². The number of halogens is 3. The molecule has 158 valence electrons. The van der Waals surface area contributed by atoms with Crippen LogP contribution in [-0.2, 0) is 17.9 Å². The highest BCUT2D eigenvalue weighted by Gasteiger charge is 2.34. The molecule has 1 amide bonds. The van der Waals surface area contributed by atoms with Crippen LogP contribution in [0.15, 0.2) is 36.7 Å². The number of amides is 1. The Hall–Kier alpha value is -2.94. The fourth-order valence-electron chi connectivity index (χ4n) is 3.29. The molecule has 1 saturated carbocycles. The normalized spacial score (nSPS) is 13.6. The molecule has 0 radical (unpaired) electrons. The first-order chi connectivity index (χ1) is 14.4. The molecular formula is C20H20ClF2N5O2. The monoisotopic (exact) mass is 435 g/mol. The number of alkyl halides is 2. The van der Waals surface area contributed by atoms with Gasteiger partial charge in [-0.1, -0.05) is 23.7 Å². The number of carbonyl (C=O) groups is 1. The predicted molar refractivity (Wildman–Crippen MR) is 107 cm³/mol. The maximum absolute atomic E-state index is 13.1. The predicted octanol–water partition coefficient (Wildman–Crippen LogP) is 4.24. The van der Waals surface area contributed by atoms with Gasteiger partial charge in [0.25, 0.3) is 6.43 Å². The van der Waals surface area contributed by atoms with Gasteiger partial charge in [0, 0.05) is 12.1 Å². The summed E-state index contributed by atoms with van der Waals surface area (Å²) in [6.45, 7) is 0.310. The van der Waals surface area contributed by atoms with Gasteiger partial charge in [-0.25, -0.2) is 8.78 Å². The molecule has 3 aromatic rings. The minimum absolute atomic E-state index is 0.0357. The van der Waals surface area contributed by atoms with Crippen molar-refractivity contribution in [3.8, 4) is 5.75 Å². The Labute approximate surface area is 176 Å². The number of aromatic nitrogens is 4. The first-order valence-electron chi connectivity index (χ1n) is 9.44. The number of hydrogen-bond donors (Lipinski definition) is 1. The van der Waals surface area contributed by atoms with Gasteiger partial charge >= 0.3 is 0 Å². The molecule has 1 aromatic carbocycles. The molecule has 0 spiro atoms. The van der Waals surface area contributed by atoms with Crippen molar-refractivity contribution in [3.05, 3.63) is 58.6 Å². The van der Waals surface area contributed by atoms with Gasteiger partial charge in [0.05, 0.1) is 36.3 Å². The van der Waals surface area contributed by atoms with Gasteiger partial charge in [0.15, 0.2) is 0 Å². The van der Waals surface area contributed by atoms with E-state index in [4.69, 9.17) is 16.3 Å². The van der Waals surface area contributed by atoms with Crippen LogP contribution in [0.25, 0.3) is 0 Å². The zero-order valence-electron chi connectivity index (χ0n) is 16.2.